The van der Waals surface area contributed by atoms with Crippen LogP contribution in [0.5, 0.6) is 11.5 Å². The van der Waals surface area contributed by atoms with Gasteiger partial charge in [0.15, 0.2) is 5.75 Å². The quantitative estimate of drug-likeness (QED) is 0.480. The fourth-order valence-electron chi connectivity index (χ4n) is 1.94. The zero-order valence-electron chi connectivity index (χ0n) is 13.6. The smallest absolute Gasteiger partial charge is 0.343 e. The largest absolute Gasteiger partial charge is 0.491 e. The second-order valence-corrected chi connectivity index (χ2v) is 4.93. The lowest BCUT2D eigenvalue weighted by Gasteiger charge is -2.10. The number of hydrogen-bond acceptors (Lipinski definition) is 5. The lowest BCUT2D eigenvalue weighted by Crippen LogP contribution is -2.12. The summed E-state index contributed by atoms with van der Waals surface area (Å²) in [7, 11) is 1.60. The maximum absolute atomic E-state index is 12.2. The molecule has 0 saturated carbocycles. The Morgan fingerprint density at radius 1 is 1.00 bits per heavy atom. The molecule has 2 aromatic rings. The molecule has 0 radical (unpaired) electrons. The van der Waals surface area contributed by atoms with Crippen molar-refractivity contribution in [2.75, 3.05) is 25.6 Å². The molecule has 0 aliphatic carbocycles. The second kappa shape index (κ2) is 8.69. The number of para-hydroxylation sites is 2. The summed E-state index contributed by atoms with van der Waals surface area (Å²) in [5.41, 5.74) is 0.824. The van der Waals surface area contributed by atoms with E-state index in [-0.39, 0.29) is 11.7 Å². The second-order valence-electron chi connectivity index (χ2n) is 4.93. The molecule has 2 aromatic carbocycles. The average Bonchev–Trinajstić information content (AvgIpc) is 2.57. The highest BCUT2D eigenvalue weighted by Gasteiger charge is 2.12. The third kappa shape index (κ3) is 5.10. The standard InChI is InChI=1S/C18H19NO5/c1-13(20)19-16-5-3-4-6-17(16)24-18(21)14-7-9-15(10-8-14)23-12-11-22-2/h3-10H,11-12H2,1-2H3,(H,19,20). The Bertz CT molecular complexity index is 697. The van der Waals surface area contributed by atoms with Crippen molar-refractivity contribution in [3.63, 3.8) is 0 Å². The van der Waals surface area contributed by atoms with Crippen molar-refractivity contribution in [1.29, 1.82) is 0 Å². The molecule has 24 heavy (non-hydrogen) atoms. The van der Waals surface area contributed by atoms with Crippen LogP contribution in [0.15, 0.2) is 48.5 Å². The number of carbonyl (C=O) groups excluding carboxylic acids is 2. The van der Waals surface area contributed by atoms with Gasteiger partial charge in [0.25, 0.3) is 0 Å². The van der Waals surface area contributed by atoms with Crippen LogP contribution in [0, 0.1) is 0 Å². The summed E-state index contributed by atoms with van der Waals surface area (Å²) in [6, 6.07) is 13.4. The SMILES string of the molecule is COCCOc1ccc(C(=O)Oc2ccccc2NC(C)=O)cc1. The number of anilines is 1. The molecule has 6 nitrogen and oxygen atoms in total. The number of carbonyl (C=O) groups is 2. The summed E-state index contributed by atoms with van der Waals surface area (Å²) in [5.74, 6) is 0.174. The first-order valence-corrected chi connectivity index (χ1v) is 7.40. The van der Waals surface area contributed by atoms with E-state index >= 15 is 0 Å². The molecule has 0 bridgehead atoms. The van der Waals surface area contributed by atoms with Crippen molar-refractivity contribution in [1.82, 2.24) is 0 Å². The Labute approximate surface area is 140 Å². The summed E-state index contributed by atoms with van der Waals surface area (Å²) in [6.07, 6.45) is 0. The number of nitrogens with one attached hydrogen (secondary N) is 1. The van der Waals surface area contributed by atoms with Crippen LogP contribution in [-0.2, 0) is 9.53 Å². The highest BCUT2D eigenvalue weighted by molar-refractivity contribution is 5.94. The third-order valence-corrected chi connectivity index (χ3v) is 3.05. The number of hydrogen-bond donors (Lipinski definition) is 1. The van der Waals surface area contributed by atoms with E-state index < -0.39 is 5.97 Å². The van der Waals surface area contributed by atoms with Crippen LogP contribution in [0.1, 0.15) is 17.3 Å². The Morgan fingerprint density at radius 2 is 1.71 bits per heavy atom. The fraction of sp³-hybridized carbons (Fsp3) is 0.222. The highest BCUT2D eigenvalue weighted by Crippen LogP contribution is 2.25. The van der Waals surface area contributed by atoms with Gasteiger partial charge in [0.1, 0.15) is 12.4 Å². The summed E-state index contributed by atoms with van der Waals surface area (Å²) in [6.45, 7) is 2.31. The van der Waals surface area contributed by atoms with E-state index in [1.54, 1.807) is 55.6 Å². The van der Waals surface area contributed by atoms with Gasteiger partial charge in [-0.05, 0) is 36.4 Å². The van der Waals surface area contributed by atoms with Crippen LogP contribution < -0.4 is 14.8 Å². The molecule has 0 aromatic heterocycles. The normalized spacial score (nSPS) is 10.1. The molecule has 6 heteroatoms. The van der Waals surface area contributed by atoms with E-state index in [4.69, 9.17) is 14.2 Å². The number of amides is 1. The van der Waals surface area contributed by atoms with E-state index in [0.29, 0.717) is 30.2 Å². The van der Waals surface area contributed by atoms with Crippen LogP contribution in [0.3, 0.4) is 0 Å². The van der Waals surface area contributed by atoms with Crippen LogP contribution in [0.25, 0.3) is 0 Å². The summed E-state index contributed by atoms with van der Waals surface area (Å²) in [5, 5.41) is 2.62. The summed E-state index contributed by atoms with van der Waals surface area (Å²) < 4.78 is 15.7. The fourth-order valence-corrected chi connectivity index (χ4v) is 1.94. The Kier molecular flexibility index (Phi) is 6.33. The minimum Gasteiger partial charge on any atom is -0.491 e. The molecule has 0 spiro atoms. The molecule has 0 saturated heterocycles. The van der Waals surface area contributed by atoms with Crippen molar-refractivity contribution in [2.45, 2.75) is 6.92 Å². The van der Waals surface area contributed by atoms with Crippen molar-refractivity contribution < 1.29 is 23.8 Å². The summed E-state index contributed by atoms with van der Waals surface area (Å²) in [4.78, 5) is 23.4. The number of esters is 1. The predicted octanol–water partition coefficient (Wildman–Crippen LogP) is 2.89. The summed E-state index contributed by atoms with van der Waals surface area (Å²) >= 11 is 0. The molecule has 0 fully saturated rings. The third-order valence-electron chi connectivity index (χ3n) is 3.05. The number of benzene rings is 2. The van der Waals surface area contributed by atoms with Crippen LogP contribution in [-0.4, -0.2) is 32.2 Å². The molecule has 0 aliphatic rings. The molecule has 0 aliphatic heterocycles. The van der Waals surface area contributed by atoms with Gasteiger partial charge in [0.05, 0.1) is 17.9 Å². The van der Waals surface area contributed by atoms with Crippen molar-refractivity contribution >= 4 is 17.6 Å². The molecule has 0 atom stereocenters. The molecular weight excluding hydrogens is 310 g/mol. The van der Waals surface area contributed by atoms with Gasteiger partial charge < -0.3 is 19.5 Å². The van der Waals surface area contributed by atoms with Crippen molar-refractivity contribution in [2.24, 2.45) is 0 Å². The minimum absolute atomic E-state index is 0.240. The topological polar surface area (TPSA) is 73.9 Å². The Hall–Kier alpha value is -2.86. The zero-order valence-corrected chi connectivity index (χ0v) is 13.6. The lowest BCUT2D eigenvalue weighted by atomic mass is 10.2. The molecule has 0 unspecified atom stereocenters. The zero-order chi connectivity index (χ0) is 17.4. The van der Waals surface area contributed by atoms with Gasteiger partial charge >= 0.3 is 5.97 Å². The molecule has 2 rings (SSSR count). The first-order chi connectivity index (χ1) is 11.6. The van der Waals surface area contributed by atoms with Crippen molar-refractivity contribution in [3.05, 3.63) is 54.1 Å². The lowest BCUT2D eigenvalue weighted by molar-refractivity contribution is -0.114. The first-order valence-electron chi connectivity index (χ1n) is 7.40. The van der Waals surface area contributed by atoms with Gasteiger partial charge in [-0.25, -0.2) is 4.79 Å². The molecule has 1 N–H and O–H groups in total. The van der Waals surface area contributed by atoms with Gasteiger partial charge in [0, 0.05) is 14.0 Å². The minimum atomic E-state index is -0.517. The number of rotatable bonds is 7. The predicted molar refractivity (Wildman–Crippen MR) is 89.5 cm³/mol. The Morgan fingerprint density at radius 3 is 2.38 bits per heavy atom. The molecule has 126 valence electrons. The Balaban J connectivity index is 2.03. The van der Waals surface area contributed by atoms with E-state index in [1.165, 1.54) is 6.92 Å². The highest BCUT2D eigenvalue weighted by atomic mass is 16.5. The van der Waals surface area contributed by atoms with E-state index in [2.05, 4.69) is 5.32 Å². The molecule has 0 heterocycles. The molecular formula is C18H19NO5. The van der Waals surface area contributed by atoms with Crippen LogP contribution in [0.4, 0.5) is 5.69 Å². The number of ether oxygens (including phenoxy) is 3. The van der Waals surface area contributed by atoms with Crippen LogP contribution >= 0.6 is 0 Å². The van der Waals surface area contributed by atoms with E-state index in [1.807, 2.05) is 0 Å². The number of methoxy groups -OCH3 is 1. The van der Waals surface area contributed by atoms with Gasteiger partial charge in [-0.15, -0.1) is 0 Å². The first kappa shape index (κ1) is 17.5. The van der Waals surface area contributed by atoms with Crippen molar-refractivity contribution in [3.8, 4) is 11.5 Å². The van der Waals surface area contributed by atoms with Gasteiger partial charge in [-0.1, -0.05) is 12.1 Å². The maximum atomic E-state index is 12.2. The van der Waals surface area contributed by atoms with E-state index in [9.17, 15) is 9.59 Å². The van der Waals surface area contributed by atoms with Crippen LogP contribution in [0.2, 0.25) is 0 Å². The van der Waals surface area contributed by atoms with E-state index in [0.717, 1.165) is 0 Å². The van der Waals surface area contributed by atoms with Gasteiger partial charge in [-0.2, -0.15) is 0 Å². The van der Waals surface area contributed by atoms with Gasteiger partial charge in [-0.3, -0.25) is 4.79 Å². The monoisotopic (exact) mass is 329 g/mol. The average molecular weight is 329 g/mol. The molecule has 1 amide bonds. The van der Waals surface area contributed by atoms with Gasteiger partial charge in [0.2, 0.25) is 5.91 Å². The maximum Gasteiger partial charge on any atom is 0.343 e.